The number of carbonyl (C=O) groups excluding carboxylic acids is 2. The summed E-state index contributed by atoms with van der Waals surface area (Å²) in [5.74, 6) is -1.54. The highest BCUT2D eigenvalue weighted by molar-refractivity contribution is 7.87. The predicted octanol–water partition coefficient (Wildman–Crippen LogP) is 4.11. The van der Waals surface area contributed by atoms with Crippen LogP contribution in [0.5, 0.6) is 5.75 Å². The van der Waals surface area contributed by atoms with Crippen LogP contribution in [0, 0.1) is 13.8 Å². The zero-order valence-electron chi connectivity index (χ0n) is 18.6. The van der Waals surface area contributed by atoms with Gasteiger partial charge in [0.15, 0.2) is 12.4 Å². The highest BCUT2D eigenvalue weighted by atomic mass is 32.2. The van der Waals surface area contributed by atoms with Gasteiger partial charge >= 0.3 is 16.1 Å². The van der Waals surface area contributed by atoms with Gasteiger partial charge < -0.3 is 14.2 Å². The smallest absolute Gasteiger partial charge is 0.342 e. The summed E-state index contributed by atoms with van der Waals surface area (Å²) < 4.78 is 36.0. The number of amides is 1. The van der Waals surface area contributed by atoms with E-state index in [0.29, 0.717) is 5.56 Å². The average molecular weight is 468 g/mol. The minimum Gasteiger partial charge on any atom is -0.452 e. The fourth-order valence-electron chi connectivity index (χ4n) is 3.16. The van der Waals surface area contributed by atoms with Crippen molar-refractivity contribution in [2.75, 3.05) is 6.61 Å². The number of ether oxygens (including phenoxy) is 1. The molecular formula is C25H25NO6S. The number of para-hydroxylation sites is 1. The molecule has 0 saturated carbocycles. The van der Waals surface area contributed by atoms with Crippen LogP contribution in [0.1, 0.15) is 40.0 Å². The second-order valence-electron chi connectivity index (χ2n) is 7.58. The van der Waals surface area contributed by atoms with Gasteiger partial charge in [0.25, 0.3) is 5.91 Å². The summed E-state index contributed by atoms with van der Waals surface area (Å²) >= 11 is 0. The van der Waals surface area contributed by atoms with Gasteiger partial charge in [-0.15, -0.1) is 0 Å². The van der Waals surface area contributed by atoms with Gasteiger partial charge in [-0.25, -0.2) is 4.79 Å². The number of hydrogen-bond acceptors (Lipinski definition) is 6. The summed E-state index contributed by atoms with van der Waals surface area (Å²) in [5, 5.41) is 2.75. The number of rotatable bonds is 8. The fraction of sp³-hybridized carbons (Fsp3) is 0.200. The first-order valence-corrected chi connectivity index (χ1v) is 11.7. The Balaban J connectivity index is 1.69. The van der Waals surface area contributed by atoms with Crippen LogP contribution in [0.15, 0.2) is 77.7 Å². The summed E-state index contributed by atoms with van der Waals surface area (Å²) in [6.07, 6.45) is 0. The first kappa shape index (κ1) is 24.0. The molecule has 33 heavy (non-hydrogen) atoms. The molecule has 1 N–H and O–H groups in total. The summed E-state index contributed by atoms with van der Waals surface area (Å²) in [6.45, 7) is 4.72. The Labute approximate surface area is 193 Å². The van der Waals surface area contributed by atoms with E-state index in [-0.39, 0.29) is 22.3 Å². The maximum atomic E-state index is 12.8. The summed E-state index contributed by atoms with van der Waals surface area (Å²) in [7, 11) is -4.19. The van der Waals surface area contributed by atoms with Gasteiger partial charge in [-0.1, -0.05) is 54.6 Å². The van der Waals surface area contributed by atoms with E-state index in [0.717, 1.165) is 11.1 Å². The normalized spacial score (nSPS) is 12.0. The van der Waals surface area contributed by atoms with Crippen molar-refractivity contribution < 1.29 is 26.9 Å². The first-order chi connectivity index (χ1) is 15.7. The average Bonchev–Trinajstić information content (AvgIpc) is 2.79. The largest absolute Gasteiger partial charge is 0.452 e. The minimum atomic E-state index is -4.19. The van der Waals surface area contributed by atoms with E-state index in [1.54, 1.807) is 38.1 Å². The molecule has 7 nitrogen and oxygen atoms in total. The van der Waals surface area contributed by atoms with Crippen LogP contribution in [-0.4, -0.2) is 26.9 Å². The molecule has 0 aliphatic rings. The van der Waals surface area contributed by atoms with Gasteiger partial charge in [-0.05, 0) is 55.7 Å². The number of aryl methyl sites for hydroxylation is 2. The summed E-state index contributed by atoms with van der Waals surface area (Å²) in [6, 6.07) is 19.9. The van der Waals surface area contributed by atoms with Gasteiger partial charge in [0.2, 0.25) is 0 Å². The molecule has 0 saturated heterocycles. The van der Waals surface area contributed by atoms with E-state index < -0.39 is 28.6 Å². The number of esters is 1. The lowest BCUT2D eigenvalue weighted by Gasteiger charge is -2.15. The van der Waals surface area contributed by atoms with Gasteiger partial charge in [0.1, 0.15) is 10.5 Å². The van der Waals surface area contributed by atoms with Crippen molar-refractivity contribution in [1.82, 2.24) is 5.32 Å². The molecule has 0 fully saturated rings. The Morgan fingerprint density at radius 3 is 2.33 bits per heavy atom. The van der Waals surface area contributed by atoms with Gasteiger partial charge in [0.05, 0.1) is 6.04 Å². The van der Waals surface area contributed by atoms with Crippen LogP contribution in [0.3, 0.4) is 0 Å². The maximum absolute atomic E-state index is 12.8. The quantitative estimate of drug-likeness (QED) is 0.396. The monoisotopic (exact) mass is 467 g/mol. The standard InChI is InChI=1S/C25H25NO6S/c1-17-13-14-18(2)23(15-17)33(29,30)32-22-12-8-7-11-21(22)25(28)31-16-24(27)26-19(3)20-9-5-4-6-10-20/h4-15,19H,16H2,1-3H3,(H,26,27)/t19-/m0/s1. The van der Waals surface area contributed by atoms with Crippen molar-refractivity contribution in [2.24, 2.45) is 0 Å². The summed E-state index contributed by atoms with van der Waals surface area (Å²) in [5.41, 5.74) is 2.08. The Morgan fingerprint density at radius 1 is 0.939 bits per heavy atom. The molecule has 0 radical (unpaired) electrons. The number of benzene rings is 3. The molecule has 1 amide bonds. The Bertz CT molecular complexity index is 1250. The van der Waals surface area contributed by atoms with Gasteiger partial charge in [-0.3, -0.25) is 4.79 Å². The second kappa shape index (κ2) is 10.3. The molecular weight excluding hydrogens is 442 g/mol. The van der Waals surface area contributed by atoms with Crippen molar-refractivity contribution >= 4 is 22.0 Å². The topological polar surface area (TPSA) is 98.8 Å². The molecule has 3 rings (SSSR count). The number of carbonyl (C=O) groups is 2. The molecule has 0 bridgehead atoms. The van der Waals surface area contributed by atoms with E-state index in [1.807, 2.05) is 37.3 Å². The molecule has 0 spiro atoms. The maximum Gasteiger partial charge on any atom is 0.342 e. The third-order valence-corrected chi connectivity index (χ3v) is 6.31. The van der Waals surface area contributed by atoms with E-state index in [9.17, 15) is 18.0 Å². The molecule has 1 atom stereocenters. The number of hydrogen-bond donors (Lipinski definition) is 1. The van der Waals surface area contributed by atoms with Crippen LogP contribution in [0.25, 0.3) is 0 Å². The second-order valence-corrected chi connectivity index (χ2v) is 9.09. The molecule has 8 heteroatoms. The van der Waals surface area contributed by atoms with E-state index in [2.05, 4.69) is 5.32 Å². The predicted molar refractivity (Wildman–Crippen MR) is 123 cm³/mol. The van der Waals surface area contributed by atoms with Crippen LogP contribution in [-0.2, 0) is 19.6 Å². The Kier molecular flexibility index (Phi) is 7.50. The van der Waals surface area contributed by atoms with Crippen LogP contribution in [0.2, 0.25) is 0 Å². The lowest BCUT2D eigenvalue weighted by molar-refractivity contribution is -0.124. The molecule has 0 aliphatic heterocycles. The first-order valence-electron chi connectivity index (χ1n) is 10.3. The van der Waals surface area contributed by atoms with Gasteiger partial charge in [0, 0.05) is 0 Å². The van der Waals surface area contributed by atoms with Crippen LogP contribution >= 0.6 is 0 Å². The number of nitrogens with one attached hydrogen (secondary N) is 1. The highest BCUT2D eigenvalue weighted by Crippen LogP contribution is 2.26. The van der Waals surface area contributed by atoms with Crippen molar-refractivity contribution in [3.63, 3.8) is 0 Å². The van der Waals surface area contributed by atoms with E-state index in [4.69, 9.17) is 8.92 Å². The van der Waals surface area contributed by atoms with Crippen molar-refractivity contribution in [1.29, 1.82) is 0 Å². The van der Waals surface area contributed by atoms with Crippen molar-refractivity contribution in [3.05, 3.63) is 95.1 Å². The SMILES string of the molecule is Cc1ccc(C)c(S(=O)(=O)Oc2ccccc2C(=O)OCC(=O)N[C@@H](C)c2ccccc2)c1. The zero-order chi connectivity index (χ0) is 24.0. The van der Waals surface area contributed by atoms with Crippen molar-refractivity contribution in [2.45, 2.75) is 31.7 Å². The van der Waals surface area contributed by atoms with E-state index in [1.165, 1.54) is 18.2 Å². The lowest BCUT2D eigenvalue weighted by atomic mass is 10.1. The van der Waals surface area contributed by atoms with Crippen LogP contribution in [0.4, 0.5) is 0 Å². The third-order valence-electron chi connectivity index (χ3n) is 4.93. The molecule has 0 heterocycles. The highest BCUT2D eigenvalue weighted by Gasteiger charge is 2.24. The summed E-state index contributed by atoms with van der Waals surface area (Å²) in [4.78, 5) is 24.8. The third kappa shape index (κ3) is 6.20. The molecule has 3 aromatic rings. The Hall–Kier alpha value is -3.65. The molecule has 3 aromatic carbocycles. The lowest BCUT2D eigenvalue weighted by Crippen LogP contribution is -2.31. The minimum absolute atomic E-state index is 0.0138. The van der Waals surface area contributed by atoms with Crippen molar-refractivity contribution in [3.8, 4) is 5.75 Å². The zero-order valence-corrected chi connectivity index (χ0v) is 19.4. The van der Waals surface area contributed by atoms with E-state index >= 15 is 0 Å². The Morgan fingerprint density at radius 2 is 1.61 bits per heavy atom. The molecule has 0 aromatic heterocycles. The molecule has 172 valence electrons. The van der Waals surface area contributed by atoms with Gasteiger partial charge in [-0.2, -0.15) is 8.42 Å². The fourth-order valence-corrected chi connectivity index (χ4v) is 4.43. The molecule has 0 aliphatic carbocycles. The molecule has 0 unspecified atom stereocenters. The van der Waals surface area contributed by atoms with Crippen LogP contribution < -0.4 is 9.50 Å².